The quantitative estimate of drug-likeness (QED) is 0.699. The smallest absolute Gasteiger partial charge is 0.193 e. The molecule has 2 N–H and O–H groups in total. The first-order valence-corrected chi connectivity index (χ1v) is 6.94. The summed E-state index contributed by atoms with van der Waals surface area (Å²) in [6, 6.07) is 12.0. The highest BCUT2D eigenvalue weighted by molar-refractivity contribution is 5.82. The Kier molecular flexibility index (Phi) is 2.79. The molecule has 1 aromatic heterocycles. The summed E-state index contributed by atoms with van der Waals surface area (Å²) in [7, 11) is 0. The summed E-state index contributed by atoms with van der Waals surface area (Å²) in [6.07, 6.45) is 0. The van der Waals surface area contributed by atoms with Crippen LogP contribution in [0.15, 0.2) is 51.7 Å². The summed E-state index contributed by atoms with van der Waals surface area (Å²) in [5.74, 6) is 1.66. The standard InChI is InChI=1S/C17H13NO4/c18-11-3-1-10(2-4-11)14-8-13(19)12-7-16-17(9-15(12)22-14)21-6-5-20-16/h1-4,7-9H,5-6,18H2. The topological polar surface area (TPSA) is 74.7 Å². The van der Waals surface area contributed by atoms with E-state index in [1.54, 1.807) is 24.3 Å². The third-order valence-corrected chi connectivity index (χ3v) is 3.59. The van der Waals surface area contributed by atoms with Gasteiger partial charge in [-0.15, -0.1) is 0 Å². The Morgan fingerprint density at radius 2 is 1.59 bits per heavy atom. The number of nitrogens with two attached hydrogens (primary N) is 1. The van der Waals surface area contributed by atoms with Crippen molar-refractivity contribution in [2.24, 2.45) is 0 Å². The van der Waals surface area contributed by atoms with Gasteiger partial charge in [-0.25, -0.2) is 0 Å². The molecule has 5 heteroatoms. The number of rotatable bonds is 1. The van der Waals surface area contributed by atoms with Gasteiger partial charge in [-0.3, -0.25) is 4.79 Å². The summed E-state index contributed by atoms with van der Waals surface area (Å²) in [6.45, 7) is 0.966. The third kappa shape index (κ3) is 2.07. The fourth-order valence-corrected chi connectivity index (χ4v) is 2.48. The minimum Gasteiger partial charge on any atom is -0.486 e. The molecule has 1 aliphatic rings. The van der Waals surface area contributed by atoms with Gasteiger partial charge in [0.2, 0.25) is 0 Å². The van der Waals surface area contributed by atoms with Crippen molar-refractivity contribution in [1.82, 2.24) is 0 Å². The monoisotopic (exact) mass is 295 g/mol. The molecule has 0 bridgehead atoms. The van der Waals surface area contributed by atoms with E-state index in [1.165, 1.54) is 6.07 Å². The molecule has 5 nitrogen and oxygen atoms in total. The normalized spacial score (nSPS) is 13.3. The van der Waals surface area contributed by atoms with Crippen molar-refractivity contribution in [2.75, 3.05) is 18.9 Å². The minimum absolute atomic E-state index is 0.120. The molecule has 0 saturated heterocycles. The van der Waals surface area contributed by atoms with Crippen molar-refractivity contribution < 1.29 is 13.9 Å². The highest BCUT2D eigenvalue weighted by atomic mass is 16.6. The number of fused-ring (bicyclic) bond motifs is 2. The maximum atomic E-state index is 12.3. The van der Waals surface area contributed by atoms with E-state index < -0.39 is 0 Å². The van der Waals surface area contributed by atoms with Gasteiger partial charge >= 0.3 is 0 Å². The summed E-state index contributed by atoms with van der Waals surface area (Å²) < 4.78 is 16.9. The number of hydrogen-bond donors (Lipinski definition) is 1. The molecule has 0 radical (unpaired) electrons. The zero-order valence-corrected chi connectivity index (χ0v) is 11.7. The molecule has 2 heterocycles. The fourth-order valence-electron chi connectivity index (χ4n) is 2.48. The zero-order chi connectivity index (χ0) is 15.1. The first-order valence-electron chi connectivity index (χ1n) is 6.94. The van der Waals surface area contributed by atoms with E-state index in [9.17, 15) is 4.79 Å². The van der Waals surface area contributed by atoms with E-state index in [2.05, 4.69) is 0 Å². The Morgan fingerprint density at radius 1 is 0.909 bits per heavy atom. The van der Waals surface area contributed by atoms with E-state index in [4.69, 9.17) is 19.6 Å². The van der Waals surface area contributed by atoms with Gasteiger partial charge in [-0.05, 0) is 30.3 Å². The highest BCUT2D eigenvalue weighted by Crippen LogP contribution is 2.34. The van der Waals surface area contributed by atoms with Crippen molar-refractivity contribution >= 4 is 16.7 Å². The predicted molar refractivity (Wildman–Crippen MR) is 83.3 cm³/mol. The molecule has 0 saturated carbocycles. The number of anilines is 1. The molecule has 4 rings (SSSR count). The Bertz CT molecular complexity index is 912. The molecule has 110 valence electrons. The molecule has 0 atom stereocenters. The van der Waals surface area contributed by atoms with Crippen LogP contribution in [-0.4, -0.2) is 13.2 Å². The van der Waals surface area contributed by atoms with Crippen molar-refractivity contribution in [3.05, 3.63) is 52.7 Å². The van der Waals surface area contributed by atoms with Crippen molar-refractivity contribution in [3.8, 4) is 22.8 Å². The fraction of sp³-hybridized carbons (Fsp3) is 0.118. The lowest BCUT2D eigenvalue weighted by molar-refractivity contribution is 0.172. The van der Waals surface area contributed by atoms with Gasteiger partial charge in [-0.1, -0.05) is 0 Å². The second kappa shape index (κ2) is 4.80. The second-order valence-electron chi connectivity index (χ2n) is 5.09. The molecular weight excluding hydrogens is 282 g/mol. The molecule has 0 aliphatic carbocycles. The van der Waals surface area contributed by atoms with Crippen LogP contribution in [0.5, 0.6) is 11.5 Å². The van der Waals surface area contributed by atoms with Crippen LogP contribution in [0.2, 0.25) is 0 Å². The zero-order valence-electron chi connectivity index (χ0n) is 11.7. The molecule has 2 aromatic carbocycles. The average Bonchev–Trinajstić information content (AvgIpc) is 2.54. The van der Waals surface area contributed by atoms with Crippen molar-refractivity contribution in [2.45, 2.75) is 0 Å². The number of benzene rings is 2. The molecule has 0 fully saturated rings. The molecule has 0 unspecified atom stereocenters. The Hall–Kier alpha value is -2.95. The summed E-state index contributed by atoms with van der Waals surface area (Å²) in [5.41, 5.74) is 7.49. The Labute approximate surface area is 125 Å². The van der Waals surface area contributed by atoms with Crippen LogP contribution in [0.25, 0.3) is 22.3 Å². The lowest BCUT2D eigenvalue weighted by Crippen LogP contribution is -2.15. The first-order chi connectivity index (χ1) is 10.7. The van der Waals surface area contributed by atoms with Crippen LogP contribution in [-0.2, 0) is 0 Å². The molecule has 22 heavy (non-hydrogen) atoms. The maximum absolute atomic E-state index is 12.3. The van der Waals surface area contributed by atoms with Gasteiger partial charge in [0.15, 0.2) is 16.9 Å². The van der Waals surface area contributed by atoms with E-state index >= 15 is 0 Å². The van der Waals surface area contributed by atoms with Crippen LogP contribution in [0.1, 0.15) is 0 Å². The number of ether oxygens (including phenoxy) is 2. The Balaban J connectivity index is 1.92. The van der Waals surface area contributed by atoms with Gasteiger partial charge < -0.3 is 19.6 Å². The SMILES string of the molecule is Nc1ccc(-c2cc(=O)c3cc4c(cc3o2)OCCO4)cc1. The molecule has 3 aromatic rings. The molecule has 0 spiro atoms. The summed E-state index contributed by atoms with van der Waals surface area (Å²) in [4.78, 5) is 12.3. The van der Waals surface area contributed by atoms with E-state index in [0.29, 0.717) is 47.1 Å². The van der Waals surface area contributed by atoms with E-state index in [0.717, 1.165) is 5.56 Å². The lowest BCUT2D eigenvalue weighted by Gasteiger charge is -2.18. The van der Waals surface area contributed by atoms with Gasteiger partial charge in [0, 0.05) is 23.4 Å². The molecular formula is C17H13NO4. The summed E-state index contributed by atoms with van der Waals surface area (Å²) >= 11 is 0. The van der Waals surface area contributed by atoms with E-state index in [-0.39, 0.29) is 5.43 Å². The predicted octanol–water partition coefficient (Wildman–Crippen LogP) is 2.81. The van der Waals surface area contributed by atoms with Crippen LogP contribution < -0.4 is 20.6 Å². The number of hydrogen-bond acceptors (Lipinski definition) is 5. The maximum Gasteiger partial charge on any atom is 0.193 e. The van der Waals surface area contributed by atoms with Crippen LogP contribution in [0.4, 0.5) is 5.69 Å². The summed E-state index contributed by atoms with van der Waals surface area (Å²) in [5, 5.41) is 0.475. The first kappa shape index (κ1) is 12.8. The third-order valence-electron chi connectivity index (χ3n) is 3.59. The number of nitrogen functional groups attached to an aromatic ring is 1. The average molecular weight is 295 g/mol. The van der Waals surface area contributed by atoms with Crippen molar-refractivity contribution in [3.63, 3.8) is 0 Å². The van der Waals surface area contributed by atoms with Gasteiger partial charge in [-0.2, -0.15) is 0 Å². The van der Waals surface area contributed by atoms with Crippen LogP contribution in [0, 0.1) is 0 Å². The molecule has 1 aliphatic heterocycles. The molecule has 0 amide bonds. The largest absolute Gasteiger partial charge is 0.486 e. The van der Waals surface area contributed by atoms with Crippen molar-refractivity contribution in [1.29, 1.82) is 0 Å². The van der Waals surface area contributed by atoms with Crippen LogP contribution >= 0.6 is 0 Å². The minimum atomic E-state index is -0.120. The Morgan fingerprint density at radius 3 is 2.32 bits per heavy atom. The van der Waals surface area contributed by atoms with E-state index in [1.807, 2.05) is 12.1 Å². The van der Waals surface area contributed by atoms with Gasteiger partial charge in [0.1, 0.15) is 24.6 Å². The van der Waals surface area contributed by atoms with Gasteiger partial charge in [0.05, 0.1) is 5.39 Å². The van der Waals surface area contributed by atoms with Crippen LogP contribution in [0.3, 0.4) is 0 Å². The lowest BCUT2D eigenvalue weighted by atomic mass is 10.1. The highest BCUT2D eigenvalue weighted by Gasteiger charge is 2.16. The van der Waals surface area contributed by atoms with Gasteiger partial charge in [0.25, 0.3) is 0 Å². The second-order valence-corrected chi connectivity index (χ2v) is 5.09.